The fraction of sp³-hybridized carbons (Fsp3) is 0.385. The van der Waals surface area contributed by atoms with Crippen LogP contribution in [-0.4, -0.2) is 36.2 Å². The first-order valence-corrected chi connectivity index (χ1v) is 5.90. The molecule has 0 bridgehead atoms. The number of aliphatic carboxylic acids is 1. The molecule has 1 unspecified atom stereocenters. The van der Waals surface area contributed by atoms with Crippen LogP contribution in [-0.2, 0) is 9.53 Å². The smallest absolute Gasteiger partial charge is 0.306 e. The van der Waals surface area contributed by atoms with E-state index in [1.807, 2.05) is 0 Å². The summed E-state index contributed by atoms with van der Waals surface area (Å²) < 4.78 is 18.5. The van der Waals surface area contributed by atoms with Crippen molar-refractivity contribution in [2.24, 2.45) is 0 Å². The van der Waals surface area contributed by atoms with Crippen molar-refractivity contribution in [2.45, 2.75) is 19.4 Å². The van der Waals surface area contributed by atoms with Gasteiger partial charge in [0.2, 0.25) is 0 Å². The summed E-state index contributed by atoms with van der Waals surface area (Å²) in [6, 6.07) is 5.58. The van der Waals surface area contributed by atoms with Gasteiger partial charge in [0.05, 0.1) is 18.1 Å². The number of carboxylic acid groups (broad SMARTS) is 1. The maximum atomic E-state index is 13.3. The standard InChI is InChI=1S/C13H16FNO4/c1-2-19-9(7-12(16)17)8-15-13(18)10-5-3-4-6-11(10)14/h3-6,9H,2,7-8H2,1H3,(H,15,18)(H,16,17). The van der Waals surface area contributed by atoms with E-state index in [0.717, 1.165) is 0 Å². The number of amides is 1. The van der Waals surface area contributed by atoms with Crippen LogP contribution in [0.3, 0.4) is 0 Å². The molecule has 1 aromatic carbocycles. The Labute approximate surface area is 110 Å². The molecule has 0 heterocycles. The molecule has 0 saturated heterocycles. The van der Waals surface area contributed by atoms with Crippen LogP contribution >= 0.6 is 0 Å². The topological polar surface area (TPSA) is 75.6 Å². The summed E-state index contributed by atoms with van der Waals surface area (Å²) in [5, 5.41) is 11.1. The quantitative estimate of drug-likeness (QED) is 0.785. The summed E-state index contributed by atoms with van der Waals surface area (Å²) in [6.07, 6.45) is -0.844. The molecule has 19 heavy (non-hydrogen) atoms. The minimum atomic E-state index is -1.02. The monoisotopic (exact) mass is 269 g/mol. The summed E-state index contributed by atoms with van der Waals surface area (Å²) >= 11 is 0. The highest BCUT2D eigenvalue weighted by atomic mass is 19.1. The number of carboxylic acids is 1. The number of rotatable bonds is 7. The van der Waals surface area contributed by atoms with E-state index in [9.17, 15) is 14.0 Å². The average Bonchev–Trinajstić information content (AvgIpc) is 2.36. The number of halogens is 1. The maximum Gasteiger partial charge on any atom is 0.306 e. The third-order valence-electron chi connectivity index (χ3n) is 2.41. The van der Waals surface area contributed by atoms with Gasteiger partial charge < -0.3 is 15.2 Å². The number of nitrogens with one attached hydrogen (secondary N) is 1. The number of benzene rings is 1. The van der Waals surface area contributed by atoms with Gasteiger partial charge in [-0.1, -0.05) is 12.1 Å². The highest BCUT2D eigenvalue weighted by Gasteiger charge is 2.16. The van der Waals surface area contributed by atoms with Crippen molar-refractivity contribution in [3.63, 3.8) is 0 Å². The first-order valence-electron chi connectivity index (χ1n) is 5.90. The highest BCUT2D eigenvalue weighted by Crippen LogP contribution is 2.06. The lowest BCUT2D eigenvalue weighted by Gasteiger charge is -2.15. The third-order valence-corrected chi connectivity index (χ3v) is 2.41. The van der Waals surface area contributed by atoms with Crippen LogP contribution in [0.1, 0.15) is 23.7 Å². The van der Waals surface area contributed by atoms with E-state index >= 15 is 0 Å². The predicted molar refractivity (Wildman–Crippen MR) is 66.4 cm³/mol. The fourth-order valence-electron chi connectivity index (χ4n) is 1.57. The molecule has 104 valence electrons. The van der Waals surface area contributed by atoms with Crippen LogP contribution < -0.4 is 5.32 Å². The second kappa shape index (κ2) is 7.48. The van der Waals surface area contributed by atoms with Crippen LogP contribution in [0.15, 0.2) is 24.3 Å². The van der Waals surface area contributed by atoms with E-state index in [0.29, 0.717) is 6.61 Å². The largest absolute Gasteiger partial charge is 0.481 e. The minimum Gasteiger partial charge on any atom is -0.481 e. The van der Waals surface area contributed by atoms with Crippen molar-refractivity contribution < 1.29 is 23.8 Å². The second-order valence-corrected chi connectivity index (χ2v) is 3.87. The van der Waals surface area contributed by atoms with Gasteiger partial charge in [0.1, 0.15) is 5.82 Å². The third kappa shape index (κ3) is 5.05. The first-order chi connectivity index (χ1) is 9.04. The van der Waals surface area contributed by atoms with E-state index in [-0.39, 0.29) is 18.5 Å². The van der Waals surface area contributed by atoms with E-state index in [1.165, 1.54) is 18.2 Å². The lowest BCUT2D eigenvalue weighted by atomic mass is 10.2. The van der Waals surface area contributed by atoms with Gasteiger partial charge in [-0.25, -0.2) is 4.39 Å². The number of carbonyl (C=O) groups is 2. The number of hydrogen-bond donors (Lipinski definition) is 2. The van der Waals surface area contributed by atoms with E-state index < -0.39 is 23.8 Å². The average molecular weight is 269 g/mol. The maximum absolute atomic E-state index is 13.3. The fourth-order valence-corrected chi connectivity index (χ4v) is 1.57. The number of carbonyl (C=O) groups excluding carboxylic acids is 1. The van der Waals surface area contributed by atoms with Crippen molar-refractivity contribution in [2.75, 3.05) is 13.2 Å². The van der Waals surface area contributed by atoms with Crippen LogP contribution in [0.4, 0.5) is 4.39 Å². The van der Waals surface area contributed by atoms with Crippen LogP contribution in [0.2, 0.25) is 0 Å². The zero-order valence-electron chi connectivity index (χ0n) is 10.6. The van der Waals surface area contributed by atoms with Crippen molar-refractivity contribution in [1.29, 1.82) is 0 Å². The minimum absolute atomic E-state index is 0.0211. The molecule has 6 heteroatoms. The lowest BCUT2D eigenvalue weighted by Crippen LogP contribution is -2.35. The predicted octanol–water partition coefficient (Wildman–Crippen LogP) is 1.44. The summed E-state index contributed by atoms with van der Waals surface area (Å²) in [5.41, 5.74) is -0.0759. The Hall–Kier alpha value is -1.95. The van der Waals surface area contributed by atoms with Crippen molar-refractivity contribution in [3.05, 3.63) is 35.6 Å². The van der Waals surface area contributed by atoms with Gasteiger partial charge in [0, 0.05) is 13.2 Å². The molecule has 1 atom stereocenters. The molecule has 1 aromatic rings. The van der Waals surface area contributed by atoms with Crippen molar-refractivity contribution in [3.8, 4) is 0 Å². The molecule has 0 aliphatic carbocycles. The Kier molecular flexibility index (Phi) is 5.95. The summed E-state index contributed by atoms with van der Waals surface area (Å²) in [4.78, 5) is 22.3. The molecule has 0 fully saturated rings. The first kappa shape index (κ1) is 15.1. The normalized spacial score (nSPS) is 11.9. The zero-order chi connectivity index (χ0) is 14.3. The van der Waals surface area contributed by atoms with Crippen molar-refractivity contribution >= 4 is 11.9 Å². The molecule has 2 N–H and O–H groups in total. The summed E-state index contributed by atoms with van der Waals surface area (Å²) in [6.45, 7) is 2.09. The van der Waals surface area contributed by atoms with Gasteiger partial charge >= 0.3 is 5.97 Å². The Morgan fingerprint density at radius 2 is 2.11 bits per heavy atom. The number of ether oxygens (including phenoxy) is 1. The van der Waals surface area contributed by atoms with Gasteiger partial charge in [-0.3, -0.25) is 9.59 Å². The molecule has 0 aliphatic heterocycles. The van der Waals surface area contributed by atoms with Crippen LogP contribution in [0.25, 0.3) is 0 Å². The molecule has 5 nitrogen and oxygen atoms in total. The highest BCUT2D eigenvalue weighted by molar-refractivity contribution is 5.94. The Morgan fingerprint density at radius 3 is 2.68 bits per heavy atom. The summed E-state index contributed by atoms with van der Waals surface area (Å²) in [5.74, 6) is -2.22. The van der Waals surface area contributed by atoms with Gasteiger partial charge in [-0.2, -0.15) is 0 Å². The summed E-state index contributed by atoms with van der Waals surface area (Å²) in [7, 11) is 0. The molecule has 0 spiro atoms. The van der Waals surface area contributed by atoms with E-state index in [1.54, 1.807) is 13.0 Å². The second-order valence-electron chi connectivity index (χ2n) is 3.87. The molecule has 1 rings (SSSR count). The molecular formula is C13H16FNO4. The molecule has 0 radical (unpaired) electrons. The van der Waals surface area contributed by atoms with E-state index in [4.69, 9.17) is 9.84 Å². The van der Waals surface area contributed by atoms with Gasteiger partial charge in [-0.05, 0) is 19.1 Å². The Bertz CT molecular complexity index is 450. The molecule has 1 amide bonds. The molecule has 0 aromatic heterocycles. The molecule has 0 saturated carbocycles. The zero-order valence-corrected chi connectivity index (χ0v) is 10.6. The molecule has 0 aliphatic rings. The van der Waals surface area contributed by atoms with E-state index in [2.05, 4.69) is 5.32 Å². The molecular weight excluding hydrogens is 253 g/mol. The van der Waals surface area contributed by atoms with Gasteiger partial charge in [0.25, 0.3) is 5.91 Å². The van der Waals surface area contributed by atoms with Crippen LogP contribution in [0, 0.1) is 5.82 Å². The van der Waals surface area contributed by atoms with Gasteiger partial charge in [0.15, 0.2) is 0 Å². The van der Waals surface area contributed by atoms with Crippen molar-refractivity contribution in [1.82, 2.24) is 5.32 Å². The van der Waals surface area contributed by atoms with Gasteiger partial charge in [-0.15, -0.1) is 0 Å². The Balaban J connectivity index is 2.56. The number of hydrogen-bond acceptors (Lipinski definition) is 3. The van der Waals surface area contributed by atoms with Crippen LogP contribution in [0.5, 0.6) is 0 Å². The SMILES string of the molecule is CCOC(CNC(=O)c1ccccc1F)CC(=O)O. The Morgan fingerprint density at radius 1 is 1.42 bits per heavy atom. The lowest BCUT2D eigenvalue weighted by molar-refractivity contribution is -0.140.